The van der Waals surface area contributed by atoms with Crippen LogP contribution in [0.4, 0.5) is 0 Å². The Bertz CT molecular complexity index is 865. The Morgan fingerprint density at radius 3 is 2.50 bits per heavy atom. The molecule has 30 heavy (non-hydrogen) atoms. The van der Waals surface area contributed by atoms with E-state index in [1.807, 2.05) is 24.3 Å². The number of nitrogens with one attached hydrogen (secondary N) is 1. The quantitative estimate of drug-likeness (QED) is 0.627. The van der Waals surface area contributed by atoms with Crippen molar-refractivity contribution in [2.45, 2.75) is 45.8 Å². The lowest BCUT2D eigenvalue weighted by atomic mass is 10.1. The highest BCUT2D eigenvalue weighted by atomic mass is 79.9. The number of rotatable bonds is 8. The average molecular weight is 472 g/mol. The van der Waals surface area contributed by atoms with Gasteiger partial charge in [0.15, 0.2) is 0 Å². The Morgan fingerprint density at radius 2 is 1.80 bits per heavy atom. The van der Waals surface area contributed by atoms with Crippen molar-refractivity contribution >= 4 is 27.7 Å². The van der Waals surface area contributed by atoms with E-state index in [0.717, 1.165) is 36.1 Å². The fourth-order valence-electron chi connectivity index (χ4n) is 3.89. The Hall–Kier alpha value is -2.18. The van der Waals surface area contributed by atoms with E-state index < -0.39 is 6.04 Å². The van der Waals surface area contributed by atoms with E-state index in [-0.39, 0.29) is 11.8 Å². The Labute approximate surface area is 187 Å². The van der Waals surface area contributed by atoms with Gasteiger partial charge in [0.25, 0.3) is 5.91 Å². The maximum absolute atomic E-state index is 12.9. The minimum atomic E-state index is -0.403. The van der Waals surface area contributed by atoms with Crippen LogP contribution in [0.2, 0.25) is 0 Å². The molecule has 1 fully saturated rings. The predicted octanol–water partition coefficient (Wildman–Crippen LogP) is 4.21. The molecule has 0 saturated carbocycles. The highest BCUT2D eigenvalue weighted by molar-refractivity contribution is 9.10. The van der Waals surface area contributed by atoms with E-state index in [2.05, 4.69) is 52.1 Å². The number of carbonyl (C=O) groups is 2. The van der Waals surface area contributed by atoms with Gasteiger partial charge in [0.1, 0.15) is 6.04 Å². The van der Waals surface area contributed by atoms with Gasteiger partial charge in [-0.1, -0.05) is 54.0 Å². The van der Waals surface area contributed by atoms with E-state index in [4.69, 9.17) is 0 Å². The molecule has 1 aliphatic heterocycles. The summed E-state index contributed by atoms with van der Waals surface area (Å²) in [5.74, 6) is -0.159. The molecular weight excluding hydrogens is 442 g/mol. The number of halogens is 1. The topological polar surface area (TPSA) is 52.7 Å². The molecule has 0 aliphatic carbocycles. The highest BCUT2D eigenvalue weighted by Crippen LogP contribution is 2.21. The van der Waals surface area contributed by atoms with Gasteiger partial charge in [-0.05, 0) is 61.3 Å². The third-order valence-electron chi connectivity index (χ3n) is 5.67. The highest BCUT2D eigenvalue weighted by Gasteiger charge is 2.34. The molecule has 1 saturated heterocycles. The fraction of sp³-hybridized carbons (Fsp3) is 0.417. The molecule has 1 heterocycles. The lowest BCUT2D eigenvalue weighted by Gasteiger charge is -2.24. The van der Waals surface area contributed by atoms with Gasteiger partial charge in [-0.25, -0.2) is 0 Å². The summed E-state index contributed by atoms with van der Waals surface area (Å²) in [5.41, 5.74) is 2.94. The standard InChI is InChI=1S/C24H30BrN3O2/c1-3-27(4-2)17-19-8-5-7-18(15-19)16-26-23(29)22-9-6-14-28(22)24(30)20-10-12-21(25)13-11-20/h5,7-8,10-13,15,22H,3-4,6,9,14,16-17H2,1-2H3,(H,26,29). The van der Waals surface area contributed by atoms with Crippen molar-refractivity contribution in [1.29, 1.82) is 0 Å². The monoisotopic (exact) mass is 471 g/mol. The normalized spacial score (nSPS) is 16.1. The second-order valence-corrected chi connectivity index (χ2v) is 8.58. The van der Waals surface area contributed by atoms with Gasteiger partial charge < -0.3 is 10.2 Å². The average Bonchev–Trinajstić information content (AvgIpc) is 3.26. The number of carbonyl (C=O) groups excluding carboxylic acids is 2. The lowest BCUT2D eigenvalue weighted by molar-refractivity contribution is -0.125. The molecule has 1 N–H and O–H groups in total. The van der Waals surface area contributed by atoms with Crippen LogP contribution >= 0.6 is 15.9 Å². The zero-order valence-corrected chi connectivity index (χ0v) is 19.3. The van der Waals surface area contributed by atoms with Crippen LogP contribution in [0, 0.1) is 0 Å². The third kappa shape index (κ3) is 5.70. The van der Waals surface area contributed by atoms with Gasteiger partial charge >= 0.3 is 0 Å². The van der Waals surface area contributed by atoms with Crippen LogP contribution in [0.3, 0.4) is 0 Å². The van der Waals surface area contributed by atoms with Crippen LogP contribution in [-0.4, -0.2) is 47.3 Å². The number of amides is 2. The SMILES string of the molecule is CCN(CC)Cc1cccc(CNC(=O)C2CCCN2C(=O)c2ccc(Br)cc2)c1. The Balaban J connectivity index is 1.60. The second kappa shape index (κ2) is 10.7. The van der Waals surface area contributed by atoms with Crippen molar-refractivity contribution in [2.24, 2.45) is 0 Å². The Morgan fingerprint density at radius 1 is 1.10 bits per heavy atom. The minimum Gasteiger partial charge on any atom is -0.350 e. The molecule has 0 bridgehead atoms. The number of benzene rings is 2. The molecule has 2 aromatic carbocycles. The van der Waals surface area contributed by atoms with Crippen LogP contribution < -0.4 is 5.32 Å². The van der Waals surface area contributed by atoms with Gasteiger partial charge in [-0.3, -0.25) is 14.5 Å². The molecule has 5 nitrogen and oxygen atoms in total. The first-order valence-electron chi connectivity index (χ1n) is 10.7. The predicted molar refractivity (Wildman–Crippen MR) is 123 cm³/mol. The van der Waals surface area contributed by atoms with Crippen molar-refractivity contribution in [1.82, 2.24) is 15.1 Å². The molecule has 2 aromatic rings. The minimum absolute atomic E-state index is 0.0768. The third-order valence-corrected chi connectivity index (χ3v) is 6.19. The molecule has 3 rings (SSSR count). The first-order valence-corrected chi connectivity index (χ1v) is 11.5. The zero-order valence-electron chi connectivity index (χ0n) is 17.7. The summed E-state index contributed by atoms with van der Waals surface area (Å²) in [5, 5.41) is 3.04. The van der Waals surface area contributed by atoms with E-state index in [9.17, 15) is 9.59 Å². The van der Waals surface area contributed by atoms with Gasteiger partial charge in [0.05, 0.1) is 0 Å². The fourth-order valence-corrected chi connectivity index (χ4v) is 4.16. The lowest BCUT2D eigenvalue weighted by Crippen LogP contribution is -2.45. The number of likely N-dealkylation sites (tertiary alicyclic amines) is 1. The number of hydrogen-bond acceptors (Lipinski definition) is 3. The summed E-state index contributed by atoms with van der Waals surface area (Å²) in [6.45, 7) is 8.36. The molecular formula is C24H30BrN3O2. The maximum atomic E-state index is 12.9. The first-order chi connectivity index (χ1) is 14.5. The summed E-state index contributed by atoms with van der Waals surface area (Å²) < 4.78 is 0.929. The van der Waals surface area contributed by atoms with Gasteiger partial charge in [0, 0.05) is 29.7 Å². The summed E-state index contributed by atoms with van der Waals surface area (Å²) >= 11 is 3.39. The summed E-state index contributed by atoms with van der Waals surface area (Å²) in [7, 11) is 0. The van der Waals surface area contributed by atoms with Crippen molar-refractivity contribution < 1.29 is 9.59 Å². The van der Waals surface area contributed by atoms with Gasteiger partial charge in [-0.15, -0.1) is 0 Å². The van der Waals surface area contributed by atoms with Crippen LogP contribution in [0.15, 0.2) is 53.0 Å². The molecule has 1 aliphatic rings. The molecule has 1 atom stereocenters. The summed E-state index contributed by atoms with van der Waals surface area (Å²) in [6, 6.07) is 15.2. The van der Waals surface area contributed by atoms with Gasteiger partial charge in [-0.2, -0.15) is 0 Å². The molecule has 6 heteroatoms. The van der Waals surface area contributed by atoms with Crippen molar-refractivity contribution in [3.05, 3.63) is 69.7 Å². The van der Waals surface area contributed by atoms with Crippen LogP contribution in [0.25, 0.3) is 0 Å². The molecule has 0 aromatic heterocycles. The molecule has 160 valence electrons. The van der Waals surface area contributed by atoms with E-state index in [1.165, 1.54) is 5.56 Å². The zero-order chi connectivity index (χ0) is 21.5. The second-order valence-electron chi connectivity index (χ2n) is 7.66. The van der Waals surface area contributed by atoms with Crippen molar-refractivity contribution in [3.8, 4) is 0 Å². The van der Waals surface area contributed by atoms with E-state index in [0.29, 0.717) is 25.1 Å². The molecule has 1 unspecified atom stereocenters. The first kappa shape index (κ1) is 22.5. The Kier molecular flexibility index (Phi) is 8.05. The largest absolute Gasteiger partial charge is 0.350 e. The van der Waals surface area contributed by atoms with Crippen LogP contribution in [-0.2, 0) is 17.9 Å². The molecule has 0 radical (unpaired) electrons. The molecule has 0 spiro atoms. The van der Waals surface area contributed by atoms with Crippen molar-refractivity contribution in [3.63, 3.8) is 0 Å². The summed E-state index contributed by atoms with van der Waals surface area (Å²) in [6.07, 6.45) is 1.55. The van der Waals surface area contributed by atoms with Crippen LogP contribution in [0.1, 0.15) is 48.2 Å². The molecule has 2 amide bonds. The van der Waals surface area contributed by atoms with Crippen LogP contribution in [0.5, 0.6) is 0 Å². The number of hydrogen-bond donors (Lipinski definition) is 1. The smallest absolute Gasteiger partial charge is 0.254 e. The number of nitrogens with zero attached hydrogens (tertiary/aromatic N) is 2. The van der Waals surface area contributed by atoms with Gasteiger partial charge in [0.2, 0.25) is 5.91 Å². The maximum Gasteiger partial charge on any atom is 0.254 e. The van der Waals surface area contributed by atoms with E-state index >= 15 is 0 Å². The van der Waals surface area contributed by atoms with Crippen molar-refractivity contribution in [2.75, 3.05) is 19.6 Å². The van der Waals surface area contributed by atoms with E-state index in [1.54, 1.807) is 17.0 Å². The summed E-state index contributed by atoms with van der Waals surface area (Å²) in [4.78, 5) is 29.8.